The Balaban J connectivity index is 1.23. The van der Waals surface area contributed by atoms with E-state index in [1.165, 1.54) is 10.9 Å². The number of hydrogen-bond acceptors (Lipinski definition) is 7. The van der Waals surface area contributed by atoms with Crippen molar-refractivity contribution >= 4 is 62.5 Å². The van der Waals surface area contributed by atoms with Crippen molar-refractivity contribution in [3.63, 3.8) is 0 Å². The summed E-state index contributed by atoms with van der Waals surface area (Å²) >= 11 is 7.19. The van der Waals surface area contributed by atoms with Gasteiger partial charge in [-0.15, -0.1) is 5.10 Å². The number of fused-ring (bicyclic) bond motifs is 2. The number of nitrogens with zero attached hydrogens (tertiary/aromatic N) is 5. The van der Waals surface area contributed by atoms with Gasteiger partial charge in [-0.3, -0.25) is 0 Å². The molecule has 0 radical (unpaired) electrons. The van der Waals surface area contributed by atoms with Crippen molar-refractivity contribution < 1.29 is 0 Å². The molecule has 0 atom stereocenters. The molecular formula is C28H30N8S2. The van der Waals surface area contributed by atoms with E-state index in [2.05, 4.69) is 75.7 Å². The summed E-state index contributed by atoms with van der Waals surface area (Å²) < 4.78 is 1.87. The Labute approximate surface area is 231 Å². The Morgan fingerprint density at radius 1 is 0.947 bits per heavy atom. The molecule has 8 nitrogen and oxygen atoms in total. The van der Waals surface area contributed by atoms with E-state index in [0.717, 1.165) is 40.5 Å². The molecule has 3 N–H and O–H groups in total. The molecule has 0 amide bonds. The van der Waals surface area contributed by atoms with Gasteiger partial charge in [0.1, 0.15) is 0 Å². The first-order valence-electron chi connectivity index (χ1n) is 12.8. The van der Waals surface area contributed by atoms with Crippen LogP contribution in [0.5, 0.6) is 0 Å². The number of thioether (sulfide) groups is 1. The van der Waals surface area contributed by atoms with Crippen molar-refractivity contribution in [2.75, 3.05) is 29.5 Å². The molecule has 0 fully saturated rings. The summed E-state index contributed by atoms with van der Waals surface area (Å²) in [5.41, 5.74) is 3.66. The van der Waals surface area contributed by atoms with Gasteiger partial charge in [0.25, 0.3) is 0 Å². The number of hydrogen-bond donors (Lipinski definition) is 3. The maximum absolute atomic E-state index is 5.54. The summed E-state index contributed by atoms with van der Waals surface area (Å²) in [5.74, 6) is 1.64. The zero-order valence-corrected chi connectivity index (χ0v) is 22.9. The number of benzene rings is 3. The summed E-state index contributed by atoms with van der Waals surface area (Å²) in [5, 5.41) is 22.4. The molecule has 2 aromatic heterocycles. The van der Waals surface area contributed by atoms with Gasteiger partial charge in [-0.1, -0.05) is 90.6 Å². The Bertz CT molecular complexity index is 1510. The first-order valence-corrected chi connectivity index (χ1v) is 14.1. The second-order valence-corrected chi connectivity index (χ2v) is 10.2. The van der Waals surface area contributed by atoms with E-state index in [9.17, 15) is 0 Å². The highest BCUT2D eigenvalue weighted by atomic mass is 32.2. The van der Waals surface area contributed by atoms with Gasteiger partial charge in [0.15, 0.2) is 27.3 Å². The van der Waals surface area contributed by atoms with Gasteiger partial charge >= 0.3 is 0 Å². The van der Waals surface area contributed by atoms with Crippen molar-refractivity contribution in [2.45, 2.75) is 31.5 Å². The zero-order chi connectivity index (χ0) is 26.2. The molecule has 10 heteroatoms. The zero-order valence-electron chi connectivity index (χ0n) is 21.2. The second kappa shape index (κ2) is 12.7. The van der Waals surface area contributed by atoms with E-state index in [0.29, 0.717) is 36.1 Å². The fraction of sp³-hybridized carbons (Fsp3) is 0.250. The smallest absolute Gasteiger partial charge is 0.191 e. The first kappa shape index (κ1) is 25.9. The molecule has 0 aliphatic rings. The van der Waals surface area contributed by atoms with Crippen molar-refractivity contribution in [3.05, 3.63) is 78.4 Å². The van der Waals surface area contributed by atoms with Crippen LogP contribution in [0.4, 0.5) is 11.5 Å². The van der Waals surface area contributed by atoms with Gasteiger partial charge in [0.2, 0.25) is 0 Å². The molecule has 2 heterocycles. The number of thiocarbonyl (C=S) groups is 1. The van der Waals surface area contributed by atoms with E-state index in [1.807, 2.05) is 35.0 Å². The predicted molar refractivity (Wildman–Crippen MR) is 161 cm³/mol. The standard InChI is InChI=1S/C28H30N8S2/c1-2-19-38-28-32-25(24-26(33-28)36(35-34-24)18-15-20-9-4-3-5-10-20)29-16-17-30-27(37)31-23-14-8-12-21-11-6-7-13-22(21)23/h3-14H,2,15-19H2,1H3,(H,29,32,33)(H2,30,31,37). The third-order valence-corrected chi connectivity index (χ3v) is 7.27. The molecule has 0 aliphatic heterocycles. The van der Waals surface area contributed by atoms with Crippen molar-refractivity contribution in [3.8, 4) is 0 Å². The third kappa shape index (κ3) is 6.38. The minimum Gasteiger partial charge on any atom is -0.366 e. The molecule has 5 aromatic rings. The van der Waals surface area contributed by atoms with Crippen LogP contribution in [0.3, 0.4) is 0 Å². The predicted octanol–water partition coefficient (Wildman–Crippen LogP) is 5.52. The fourth-order valence-corrected chi connectivity index (χ4v) is 5.01. The molecule has 0 saturated carbocycles. The van der Waals surface area contributed by atoms with Crippen LogP contribution in [0, 0.1) is 0 Å². The van der Waals surface area contributed by atoms with Gasteiger partial charge in [-0.05, 0) is 42.1 Å². The lowest BCUT2D eigenvalue weighted by Gasteiger charge is -2.13. The highest BCUT2D eigenvalue weighted by molar-refractivity contribution is 7.99. The Hall–Kier alpha value is -3.76. The largest absolute Gasteiger partial charge is 0.366 e. The second-order valence-electron chi connectivity index (χ2n) is 8.76. The van der Waals surface area contributed by atoms with E-state index >= 15 is 0 Å². The maximum Gasteiger partial charge on any atom is 0.191 e. The summed E-state index contributed by atoms with van der Waals surface area (Å²) in [4.78, 5) is 9.51. The molecular weight excluding hydrogens is 512 g/mol. The number of rotatable bonds is 11. The topological polar surface area (TPSA) is 92.6 Å². The molecule has 0 saturated heterocycles. The Morgan fingerprint density at radius 3 is 2.63 bits per heavy atom. The van der Waals surface area contributed by atoms with Crippen LogP contribution in [0.15, 0.2) is 78.0 Å². The molecule has 0 unspecified atom stereocenters. The molecule has 194 valence electrons. The number of aromatic nitrogens is 5. The Morgan fingerprint density at radius 2 is 1.76 bits per heavy atom. The van der Waals surface area contributed by atoms with Crippen molar-refractivity contribution in [1.82, 2.24) is 30.3 Å². The fourth-order valence-electron chi connectivity index (χ4n) is 4.11. The summed E-state index contributed by atoms with van der Waals surface area (Å²) in [6.45, 7) is 4.07. The molecule has 38 heavy (non-hydrogen) atoms. The normalized spacial score (nSPS) is 11.1. The van der Waals surface area contributed by atoms with E-state index in [-0.39, 0.29) is 0 Å². The molecule has 5 rings (SSSR count). The van der Waals surface area contributed by atoms with Gasteiger partial charge in [0.05, 0.1) is 0 Å². The van der Waals surface area contributed by atoms with Gasteiger partial charge in [-0.25, -0.2) is 14.6 Å². The van der Waals surface area contributed by atoms with Crippen LogP contribution < -0.4 is 16.0 Å². The summed E-state index contributed by atoms with van der Waals surface area (Å²) in [6.07, 6.45) is 1.90. The molecule has 0 spiro atoms. The number of aryl methyl sites for hydroxylation is 2. The van der Waals surface area contributed by atoms with Crippen LogP contribution in [0.25, 0.3) is 21.9 Å². The summed E-state index contributed by atoms with van der Waals surface area (Å²) in [7, 11) is 0. The monoisotopic (exact) mass is 542 g/mol. The van der Waals surface area contributed by atoms with E-state index in [1.54, 1.807) is 11.8 Å². The highest BCUT2D eigenvalue weighted by Gasteiger charge is 2.15. The Kier molecular flexibility index (Phi) is 8.62. The lowest BCUT2D eigenvalue weighted by molar-refractivity contribution is 0.600. The molecule has 3 aromatic carbocycles. The molecule has 0 bridgehead atoms. The van der Waals surface area contributed by atoms with E-state index in [4.69, 9.17) is 22.2 Å². The van der Waals surface area contributed by atoms with Crippen molar-refractivity contribution in [2.24, 2.45) is 0 Å². The van der Waals surface area contributed by atoms with Crippen LogP contribution in [-0.2, 0) is 13.0 Å². The van der Waals surface area contributed by atoms with Crippen LogP contribution in [0.2, 0.25) is 0 Å². The number of anilines is 2. The summed E-state index contributed by atoms with van der Waals surface area (Å²) in [6, 6.07) is 24.8. The minimum atomic E-state index is 0.571. The lowest BCUT2D eigenvalue weighted by Crippen LogP contribution is -2.32. The highest BCUT2D eigenvalue weighted by Crippen LogP contribution is 2.24. The first-order chi connectivity index (χ1) is 18.7. The van der Waals surface area contributed by atoms with E-state index < -0.39 is 0 Å². The molecule has 0 aliphatic carbocycles. The average molecular weight is 543 g/mol. The minimum absolute atomic E-state index is 0.571. The average Bonchev–Trinajstić information content (AvgIpc) is 3.37. The van der Waals surface area contributed by atoms with Gasteiger partial charge in [0, 0.05) is 36.5 Å². The number of nitrogens with one attached hydrogen (secondary N) is 3. The third-order valence-electron chi connectivity index (χ3n) is 5.97. The quantitative estimate of drug-likeness (QED) is 0.0864. The van der Waals surface area contributed by atoms with Crippen molar-refractivity contribution in [1.29, 1.82) is 0 Å². The SMILES string of the molecule is CCCSc1nc(NCCNC(=S)Nc2cccc3ccccc23)c2nnn(CCc3ccccc3)c2n1. The van der Waals surface area contributed by atoms with Gasteiger partial charge in [-0.2, -0.15) is 0 Å². The van der Waals surface area contributed by atoms with Crippen LogP contribution >= 0.6 is 24.0 Å². The van der Waals surface area contributed by atoms with Crippen LogP contribution in [-0.4, -0.2) is 48.9 Å². The van der Waals surface area contributed by atoms with Crippen LogP contribution in [0.1, 0.15) is 18.9 Å². The van der Waals surface area contributed by atoms with Gasteiger partial charge < -0.3 is 16.0 Å². The maximum atomic E-state index is 5.54. The lowest BCUT2D eigenvalue weighted by atomic mass is 10.1.